The van der Waals surface area contributed by atoms with Crippen molar-refractivity contribution in [3.05, 3.63) is 35.6 Å². The molecular weight excluding hydrogens is 222 g/mol. The average molecular weight is 234 g/mol. The van der Waals surface area contributed by atoms with Gasteiger partial charge in [-0.25, -0.2) is 8.96 Å². The van der Waals surface area contributed by atoms with Crippen molar-refractivity contribution in [3.8, 4) is 0 Å². The Kier molecular flexibility index (Phi) is 4.42. The summed E-state index contributed by atoms with van der Waals surface area (Å²) in [4.78, 5) is 8.90. The molecule has 1 atom stereocenters. The van der Waals surface area contributed by atoms with E-state index in [0.717, 1.165) is 12.7 Å². The van der Waals surface area contributed by atoms with E-state index in [1.165, 1.54) is 12.1 Å². The maximum atomic E-state index is 12.5. The van der Waals surface area contributed by atoms with Gasteiger partial charge in [0.25, 0.3) is 0 Å². The fraction of sp³-hybridized carbons (Fsp3) is 0.333. The molecule has 0 spiro atoms. The molecule has 0 amide bonds. The zero-order valence-electron chi connectivity index (χ0n) is 8.22. The first-order valence-corrected chi connectivity index (χ1v) is 5.80. The summed E-state index contributed by atoms with van der Waals surface area (Å²) in [6.45, 7) is 0.0489. The molecule has 0 aromatic heterocycles. The maximum Gasteiger partial charge on any atom is 0.471 e. The maximum absolute atomic E-state index is 12.5. The summed E-state index contributed by atoms with van der Waals surface area (Å²) in [5.74, 6) is -0.315. The van der Waals surface area contributed by atoms with Crippen LogP contribution < -0.4 is 0 Å². The highest BCUT2D eigenvalue weighted by atomic mass is 31.2. The minimum atomic E-state index is -3.89. The second kappa shape index (κ2) is 5.37. The third kappa shape index (κ3) is 4.53. The fourth-order valence-corrected chi connectivity index (χ4v) is 1.41. The van der Waals surface area contributed by atoms with E-state index in [1.807, 2.05) is 0 Å². The smallest absolute Gasteiger partial charge is 0.303 e. The number of phosphoric acid groups is 1. The van der Waals surface area contributed by atoms with Crippen molar-refractivity contribution >= 4 is 7.82 Å². The van der Waals surface area contributed by atoms with Crippen LogP contribution in [0, 0.1) is 5.82 Å². The Balaban J connectivity index is 2.38. The molecule has 0 saturated carbocycles. The van der Waals surface area contributed by atoms with Crippen LogP contribution in [0.25, 0.3) is 0 Å². The van der Waals surface area contributed by atoms with Gasteiger partial charge in [0.2, 0.25) is 0 Å². The highest BCUT2D eigenvalue weighted by Gasteiger charge is 2.17. The van der Waals surface area contributed by atoms with Gasteiger partial charge in [0.05, 0.1) is 6.61 Å². The number of halogens is 1. The molecule has 0 bridgehead atoms. The van der Waals surface area contributed by atoms with Crippen LogP contribution >= 0.6 is 7.82 Å². The van der Waals surface area contributed by atoms with Crippen molar-refractivity contribution < 1.29 is 22.9 Å². The number of benzene rings is 1. The van der Waals surface area contributed by atoms with Gasteiger partial charge in [-0.05, 0) is 24.1 Å². The lowest BCUT2D eigenvalue weighted by molar-refractivity contribution is 0.175. The van der Waals surface area contributed by atoms with Crippen LogP contribution in [0.1, 0.15) is 5.56 Å². The summed E-state index contributed by atoms with van der Waals surface area (Å²) < 4.78 is 32.2. The molecule has 0 radical (unpaired) electrons. The Bertz CT molecular complexity index is 352. The van der Waals surface area contributed by atoms with Crippen molar-refractivity contribution in [2.75, 3.05) is 13.7 Å². The Morgan fingerprint density at radius 2 is 2.00 bits per heavy atom. The first kappa shape index (κ1) is 12.3. The molecule has 84 valence electrons. The Hall–Kier alpha value is -0.740. The average Bonchev–Trinajstić information content (AvgIpc) is 2.21. The molecule has 0 fully saturated rings. The molecule has 0 saturated heterocycles. The minimum Gasteiger partial charge on any atom is -0.303 e. The number of phosphoric ester groups is 1. The van der Waals surface area contributed by atoms with Gasteiger partial charge in [0.1, 0.15) is 5.82 Å². The van der Waals surface area contributed by atoms with E-state index in [2.05, 4.69) is 9.05 Å². The van der Waals surface area contributed by atoms with Gasteiger partial charge in [-0.15, -0.1) is 0 Å². The van der Waals surface area contributed by atoms with Gasteiger partial charge in [-0.2, -0.15) is 0 Å². The SMILES string of the molecule is COP(=O)(O)OCCc1ccc(F)cc1. The van der Waals surface area contributed by atoms with Crippen LogP contribution in [0.5, 0.6) is 0 Å². The Morgan fingerprint density at radius 1 is 1.40 bits per heavy atom. The van der Waals surface area contributed by atoms with Crippen molar-refractivity contribution in [2.24, 2.45) is 0 Å². The lowest BCUT2D eigenvalue weighted by atomic mass is 10.2. The van der Waals surface area contributed by atoms with E-state index < -0.39 is 7.82 Å². The molecule has 0 aliphatic carbocycles. The van der Waals surface area contributed by atoms with Crippen molar-refractivity contribution in [1.29, 1.82) is 0 Å². The van der Waals surface area contributed by atoms with Crippen LogP contribution in [0.2, 0.25) is 0 Å². The normalized spacial score (nSPS) is 14.9. The Morgan fingerprint density at radius 3 is 2.53 bits per heavy atom. The first-order valence-electron chi connectivity index (χ1n) is 4.31. The summed E-state index contributed by atoms with van der Waals surface area (Å²) in [7, 11) is -2.80. The van der Waals surface area contributed by atoms with E-state index in [4.69, 9.17) is 4.89 Å². The summed E-state index contributed by atoms with van der Waals surface area (Å²) in [6.07, 6.45) is 0.425. The van der Waals surface area contributed by atoms with Gasteiger partial charge in [0, 0.05) is 7.11 Å². The van der Waals surface area contributed by atoms with Crippen molar-refractivity contribution in [3.63, 3.8) is 0 Å². The van der Waals surface area contributed by atoms with Gasteiger partial charge in [-0.1, -0.05) is 12.1 Å². The molecule has 0 aliphatic heterocycles. The third-order valence-corrected chi connectivity index (χ3v) is 2.76. The van der Waals surface area contributed by atoms with Crippen LogP contribution in [0.15, 0.2) is 24.3 Å². The van der Waals surface area contributed by atoms with E-state index in [9.17, 15) is 8.96 Å². The molecule has 15 heavy (non-hydrogen) atoms. The standard InChI is InChI=1S/C9H12FO4P/c1-13-15(11,12)14-7-6-8-2-4-9(10)5-3-8/h2-5H,6-7H2,1H3,(H,11,12). The van der Waals surface area contributed by atoms with Gasteiger partial charge in [-0.3, -0.25) is 9.05 Å². The predicted molar refractivity (Wildman–Crippen MR) is 52.9 cm³/mol. The zero-order chi connectivity index (χ0) is 11.3. The topological polar surface area (TPSA) is 55.8 Å². The molecule has 1 rings (SSSR count). The lowest BCUT2D eigenvalue weighted by Crippen LogP contribution is -1.98. The van der Waals surface area contributed by atoms with Crippen molar-refractivity contribution in [1.82, 2.24) is 0 Å². The largest absolute Gasteiger partial charge is 0.471 e. The summed E-state index contributed by atoms with van der Waals surface area (Å²) in [5, 5.41) is 0. The van der Waals surface area contributed by atoms with E-state index in [0.29, 0.717) is 6.42 Å². The van der Waals surface area contributed by atoms with E-state index >= 15 is 0 Å². The minimum absolute atomic E-state index is 0.0489. The third-order valence-electron chi connectivity index (χ3n) is 1.79. The van der Waals surface area contributed by atoms with Crippen molar-refractivity contribution in [2.45, 2.75) is 6.42 Å². The van der Waals surface area contributed by atoms with Gasteiger partial charge >= 0.3 is 7.82 Å². The number of hydrogen-bond donors (Lipinski definition) is 1. The molecule has 0 aliphatic rings. The quantitative estimate of drug-likeness (QED) is 0.793. The number of rotatable bonds is 5. The molecule has 1 N–H and O–H groups in total. The van der Waals surface area contributed by atoms with Crippen LogP contribution in [0.3, 0.4) is 0 Å². The Labute approximate surface area is 87.3 Å². The van der Waals surface area contributed by atoms with Crippen LogP contribution in [0.4, 0.5) is 4.39 Å². The summed E-state index contributed by atoms with van der Waals surface area (Å²) in [6, 6.07) is 5.83. The molecular formula is C9H12FO4P. The van der Waals surface area contributed by atoms with Crippen LogP contribution in [-0.4, -0.2) is 18.6 Å². The zero-order valence-corrected chi connectivity index (χ0v) is 9.12. The highest BCUT2D eigenvalue weighted by Crippen LogP contribution is 2.41. The molecule has 1 unspecified atom stereocenters. The lowest BCUT2D eigenvalue weighted by Gasteiger charge is -2.08. The fourth-order valence-electron chi connectivity index (χ4n) is 0.983. The highest BCUT2D eigenvalue weighted by molar-refractivity contribution is 7.47. The molecule has 6 heteroatoms. The molecule has 4 nitrogen and oxygen atoms in total. The molecule has 1 aromatic carbocycles. The monoisotopic (exact) mass is 234 g/mol. The predicted octanol–water partition coefficient (Wildman–Crippen LogP) is 2.13. The summed E-state index contributed by atoms with van der Waals surface area (Å²) in [5.41, 5.74) is 0.826. The number of hydrogen-bond acceptors (Lipinski definition) is 3. The second-order valence-electron chi connectivity index (χ2n) is 2.86. The van der Waals surface area contributed by atoms with E-state index in [-0.39, 0.29) is 12.4 Å². The first-order chi connectivity index (χ1) is 7.03. The van der Waals surface area contributed by atoms with Crippen LogP contribution in [-0.2, 0) is 20.0 Å². The second-order valence-corrected chi connectivity index (χ2v) is 4.42. The summed E-state index contributed by atoms with van der Waals surface area (Å²) >= 11 is 0. The van der Waals surface area contributed by atoms with Gasteiger partial charge < -0.3 is 4.89 Å². The molecule has 0 heterocycles. The van der Waals surface area contributed by atoms with E-state index in [1.54, 1.807) is 12.1 Å². The van der Waals surface area contributed by atoms with Gasteiger partial charge in [0.15, 0.2) is 0 Å². The molecule has 1 aromatic rings.